The number of aromatic nitrogens is 4. The summed E-state index contributed by atoms with van der Waals surface area (Å²) in [5.74, 6) is -0.0294. The van der Waals surface area contributed by atoms with E-state index in [4.69, 9.17) is 0 Å². The highest BCUT2D eigenvalue weighted by molar-refractivity contribution is 7.98. The van der Waals surface area contributed by atoms with Gasteiger partial charge in [-0.3, -0.25) is 18.6 Å². The summed E-state index contributed by atoms with van der Waals surface area (Å²) in [6, 6.07) is 14.3. The van der Waals surface area contributed by atoms with Gasteiger partial charge in [0.05, 0.1) is 22.3 Å². The summed E-state index contributed by atoms with van der Waals surface area (Å²) in [5.41, 5.74) is 2.16. The van der Waals surface area contributed by atoms with E-state index in [2.05, 4.69) is 9.97 Å². The molecule has 6 nitrogen and oxygen atoms in total. The third kappa shape index (κ3) is 3.55. The van der Waals surface area contributed by atoms with Crippen LogP contribution in [-0.4, -0.2) is 18.9 Å². The van der Waals surface area contributed by atoms with Gasteiger partial charge in [0.1, 0.15) is 5.82 Å². The molecule has 3 heterocycles. The van der Waals surface area contributed by atoms with Gasteiger partial charge in [0.2, 0.25) is 0 Å². The fraction of sp³-hybridized carbons (Fsp3) is 0.0909. The largest absolute Gasteiger partial charge is 0.269 e. The number of thioether (sulfide) groups is 1. The van der Waals surface area contributed by atoms with Crippen LogP contribution >= 0.6 is 23.1 Å². The minimum atomic E-state index is -0.385. The number of halogens is 1. The second-order valence-electron chi connectivity index (χ2n) is 6.90. The third-order valence-electron chi connectivity index (χ3n) is 4.81. The second kappa shape index (κ2) is 7.75. The minimum Gasteiger partial charge on any atom is -0.269 e. The molecular weight excluding hydrogens is 435 g/mol. The van der Waals surface area contributed by atoms with Gasteiger partial charge in [-0.1, -0.05) is 23.9 Å². The van der Waals surface area contributed by atoms with Crippen LogP contribution in [0.4, 0.5) is 4.39 Å². The highest BCUT2D eigenvalue weighted by Gasteiger charge is 2.15. The van der Waals surface area contributed by atoms with Crippen molar-refractivity contribution in [2.24, 2.45) is 0 Å². The number of benzene rings is 2. The molecule has 0 bridgehead atoms. The lowest BCUT2D eigenvalue weighted by molar-refractivity contribution is 0.627. The molecule has 0 N–H and O–H groups in total. The molecule has 0 aliphatic carbocycles. The molecule has 0 radical (unpaired) electrons. The van der Waals surface area contributed by atoms with Crippen LogP contribution in [0.15, 0.2) is 74.7 Å². The Morgan fingerprint density at radius 2 is 1.84 bits per heavy atom. The van der Waals surface area contributed by atoms with E-state index in [9.17, 15) is 14.0 Å². The van der Waals surface area contributed by atoms with Gasteiger partial charge in [0, 0.05) is 22.9 Å². The van der Waals surface area contributed by atoms with Crippen LogP contribution < -0.4 is 11.1 Å². The maximum Gasteiger partial charge on any atom is 0.266 e. The van der Waals surface area contributed by atoms with Crippen molar-refractivity contribution >= 4 is 39.0 Å². The average molecular weight is 451 g/mol. The van der Waals surface area contributed by atoms with Crippen molar-refractivity contribution < 1.29 is 4.39 Å². The molecule has 0 aliphatic heterocycles. The van der Waals surface area contributed by atoms with Crippen molar-refractivity contribution in [3.8, 4) is 5.69 Å². The Bertz CT molecular complexity index is 1550. The maximum atomic E-state index is 13.4. The van der Waals surface area contributed by atoms with Crippen LogP contribution in [0.2, 0.25) is 0 Å². The number of aryl methyl sites for hydroxylation is 1. The summed E-state index contributed by atoms with van der Waals surface area (Å²) in [7, 11) is 0. The number of nitrogens with zero attached hydrogens (tertiary/aromatic N) is 4. The molecule has 3 aromatic heterocycles. The number of para-hydroxylation sites is 1. The molecule has 0 atom stereocenters. The van der Waals surface area contributed by atoms with Crippen LogP contribution in [0.25, 0.3) is 21.6 Å². The first-order valence-electron chi connectivity index (χ1n) is 9.38. The summed E-state index contributed by atoms with van der Waals surface area (Å²) >= 11 is 2.71. The fourth-order valence-electron chi connectivity index (χ4n) is 3.34. The molecule has 154 valence electrons. The molecular formula is C22H15FN4O2S2. The third-order valence-corrected chi connectivity index (χ3v) is 6.72. The monoisotopic (exact) mass is 450 g/mol. The van der Waals surface area contributed by atoms with Gasteiger partial charge in [-0.25, -0.2) is 14.4 Å². The van der Waals surface area contributed by atoms with E-state index in [1.54, 1.807) is 34.7 Å². The normalized spacial score (nSPS) is 11.4. The molecule has 0 unspecified atom stereocenters. The van der Waals surface area contributed by atoms with Gasteiger partial charge in [-0.15, -0.1) is 11.3 Å². The number of hydrogen-bond acceptors (Lipinski definition) is 6. The highest BCUT2D eigenvalue weighted by Crippen LogP contribution is 2.24. The molecule has 5 rings (SSSR count). The van der Waals surface area contributed by atoms with Crippen LogP contribution in [-0.2, 0) is 5.75 Å². The maximum absolute atomic E-state index is 13.4. The van der Waals surface area contributed by atoms with Gasteiger partial charge in [0.15, 0.2) is 10.1 Å². The van der Waals surface area contributed by atoms with Gasteiger partial charge >= 0.3 is 0 Å². The van der Waals surface area contributed by atoms with Crippen molar-refractivity contribution in [1.82, 2.24) is 18.9 Å². The van der Waals surface area contributed by atoms with Crippen molar-refractivity contribution in [2.45, 2.75) is 17.8 Å². The molecule has 0 saturated carbocycles. The Hall–Kier alpha value is -3.30. The van der Waals surface area contributed by atoms with Crippen molar-refractivity contribution in [3.05, 3.63) is 97.9 Å². The zero-order valence-electron chi connectivity index (χ0n) is 16.3. The topological polar surface area (TPSA) is 69.3 Å². The summed E-state index contributed by atoms with van der Waals surface area (Å²) in [5, 5.41) is 2.81. The first-order valence-corrected chi connectivity index (χ1v) is 11.2. The molecule has 31 heavy (non-hydrogen) atoms. The van der Waals surface area contributed by atoms with Crippen LogP contribution in [0.5, 0.6) is 0 Å². The Balaban J connectivity index is 1.60. The standard InChI is InChI=1S/C22H15FN4O2S2/c1-13-11-30-21-24-15(10-19(28)26(13)21)12-31-22-25-18-5-3-2-4-17(18)20(29)27(22)16-8-6-14(23)7-9-16/h2-11H,12H2,1H3. The van der Waals surface area contributed by atoms with Crippen molar-refractivity contribution in [3.63, 3.8) is 0 Å². The van der Waals surface area contributed by atoms with Gasteiger partial charge in [-0.05, 0) is 43.3 Å². The summed E-state index contributed by atoms with van der Waals surface area (Å²) in [4.78, 5) is 35.5. The predicted octanol–water partition coefficient (Wildman–Crippen LogP) is 4.19. The lowest BCUT2D eigenvalue weighted by Crippen LogP contribution is -2.22. The first kappa shape index (κ1) is 19.7. The first-order chi connectivity index (χ1) is 15.0. The van der Waals surface area contributed by atoms with Crippen molar-refractivity contribution in [2.75, 3.05) is 0 Å². The predicted molar refractivity (Wildman–Crippen MR) is 121 cm³/mol. The number of fused-ring (bicyclic) bond motifs is 2. The highest BCUT2D eigenvalue weighted by atomic mass is 32.2. The van der Waals surface area contributed by atoms with E-state index in [1.807, 2.05) is 18.4 Å². The lowest BCUT2D eigenvalue weighted by Gasteiger charge is -2.13. The average Bonchev–Trinajstić information content (AvgIpc) is 3.14. The quantitative estimate of drug-likeness (QED) is 0.303. The zero-order chi connectivity index (χ0) is 21.5. The summed E-state index contributed by atoms with van der Waals surface area (Å²) < 4.78 is 16.5. The molecule has 0 amide bonds. The van der Waals surface area contributed by atoms with Gasteiger partial charge < -0.3 is 0 Å². The molecule has 0 spiro atoms. The number of thiazole rings is 1. The Labute approximate surface area is 183 Å². The van der Waals surface area contributed by atoms with Gasteiger partial charge in [-0.2, -0.15) is 0 Å². The number of rotatable bonds is 4. The van der Waals surface area contributed by atoms with E-state index < -0.39 is 0 Å². The van der Waals surface area contributed by atoms with Crippen molar-refractivity contribution in [1.29, 1.82) is 0 Å². The molecule has 2 aromatic carbocycles. The Morgan fingerprint density at radius 3 is 2.65 bits per heavy atom. The minimum absolute atomic E-state index is 0.137. The van der Waals surface area contributed by atoms with Crippen LogP contribution in [0, 0.1) is 12.7 Å². The smallest absolute Gasteiger partial charge is 0.266 e. The van der Waals surface area contributed by atoms with E-state index >= 15 is 0 Å². The molecule has 0 saturated heterocycles. The second-order valence-corrected chi connectivity index (χ2v) is 8.68. The Kier molecular flexibility index (Phi) is 4.91. The van der Waals surface area contributed by atoms with E-state index in [0.29, 0.717) is 38.2 Å². The molecule has 9 heteroatoms. The fourth-order valence-corrected chi connectivity index (χ4v) is 5.14. The Morgan fingerprint density at radius 1 is 1.06 bits per heavy atom. The lowest BCUT2D eigenvalue weighted by atomic mass is 10.2. The zero-order valence-corrected chi connectivity index (χ0v) is 17.9. The van der Waals surface area contributed by atoms with Crippen LogP contribution in [0.1, 0.15) is 11.4 Å². The van der Waals surface area contributed by atoms with Crippen LogP contribution in [0.3, 0.4) is 0 Å². The van der Waals surface area contributed by atoms with Gasteiger partial charge in [0.25, 0.3) is 11.1 Å². The molecule has 5 aromatic rings. The molecule has 0 fully saturated rings. The van der Waals surface area contributed by atoms with E-state index in [1.165, 1.54) is 45.9 Å². The number of hydrogen-bond donors (Lipinski definition) is 0. The van der Waals surface area contributed by atoms with E-state index in [-0.39, 0.29) is 16.9 Å². The summed E-state index contributed by atoms with van der Waals surface area (Å²) in [6.45, 7) is 1.86. The molecule has 0 aliphatic rings. The summed E-state index contributed by atoms with van der Waals surface area (Å²) in [6.07, 6.45) is 0. The van der Waals surface area contributed by atoms with E-state index in [0.717, 1.165) is 5.69 Å². The SMILES string of the molecule is Cc1csc2nc(CSc3nc4ccccc4c(=O)n3-c3ccc(F)cc3)cc(=O)n12.